The van der Waals surface area contributed by atoms with Gasteiger partial charge in [-0.3, -0.25) is 0 Å². The summed E-state index contributed by atoms with van der Waals surface area (Å²) in [5, 5.41) is 0. The predicted molar refractivity (Wildman–Crippen MR) is 60.9 cm³/mol. The Morgan fingerprint density at radius 2 is 1.94 bits per heavy atom. The molecule has 1 fully saturated rings. The van der Waals surface area contributed by atoms with Gasteiger partial charge in [0.25, 0.3) is 0 Å². The Labute approximate surface area is 96.2 Å². The first kappa shape index (κ1) is 11.6. The molecule has 1 aromatic rings. The van der Waals surface area contributed by atoms with Gasteiger partial charge in [-0.25, -0.2) is 28.1 Å². The number of ether oxygens (including phenoxy) is 1. The topological polar surface area (TPSA) is 78.5 Å². The lowest BCUT2D eigenvalue weighted by Crippen LogP contribution is -2.52. The van der Waals surface area contributed by atoms with E-state index in [2.05, 4.69) is 0 Å². The fourth-order valence-electron chi connectivity index (χ4n) is 1.53. The minimum absolute atomic E-state index is 0.100. The van der Waals surface area contributed by atoms with E-state index >= 15 is 0 Å². The first-order chi connectivity index (χ1) is 8.06. The summed E-state index contributed by atoms with van der Waals surface area (Å²) in [5.41, 5.74) is -1.89. The largest absolute Gasteiger partial charge is 0.371 e. The number of epoxide rings is 1. The van der Waals surface area contributed by atoms with Crippen LogP contribution in [0.5, 0.6) is 0 Å². The minimum Gasteiger partial charge on any atom is -0.371 e. The summed E-state index contributed by atoms with van der Waals surface area (Å²) in [6.45, 7) is 2.41. The average Bonchev–Trinajstić information content (AvgIpc) is 3.12. The van der Waals surface area contributed by atoms with E-state index in [0.717, 1.165) is 13.7 Å². The molecule has 0 aliphatic carbocycles. The van der Waals surface area contributed by atoms with Crippen molar-refractivity contribution >= 4 is 6.20 Å². The minimum atomic E-state index is -0.647. The van der Waals surface area contributed by atoms with E-state index in [1.165, 1.54) is 13.2 Å². The molecule has 1 aliphatic heterocycles. The summed E-state index contributed by atoms with van der Waals surface area (Å²) in [5.74, 6) is 0. The highest BCUT2D eigenvalue weighted by Crippen LogP contribution is 2.08. The number of nitrogens with zero attached hydrogens (tertiary/aromatic N) is 3. The summed E-state index contributed by atoms with van der Waals surface area (Å²) in [6.07, 6.45) is 2.80. The van der Waals surface area contributed by atoms with Crippen LogP contribution in [0.4, 0.5) is 0 Å². The molecule has 0 bridgehead atoms. The third-order valence-corrected chi connectivity index (χ3v) is 2.53. The molecule has 1 unspecified atom stereocenters. The van der Waals surface area contributed by atoms with Crippen molar-refractivity contribution in [3.05, 3.63) is 37.5 Å². The Hall–Kier alpha value is -1.89. The van der Waals surface area contributed by atoms with Crippen molar-refractivity contribution in [2.75, 3.05) is 6.61 Å². The Kier molecular flexibility index (Phi) is 2.84. The lowest BCUT2D eigenvalue weighted by Gasteiger charge is -2.07. The van der Waals surface area contributed by atoms with Crippen LogP contribution in [0.25, 0.3) is 6.20 Å². The molecule has 0 saturated carbocycles. The molecule has 0 N–H and O–H groups in total. The summed E-state index contributed by atoms with van der Waals surface area (Å²) < 4.78 is 7.81. The van der Waals surface area contributed by atoms with Gasteiger partial charge in [0.05, 0.1) is 19.3 Å². The molecule has 1 aromatic heterocycles. The Morgan fingerprint density at radius 1 is 1.29 bits per heavy atom. The molecule has 0 radical (unpaired) electrons. The zero-order valence-corrected chi connectivity index (χ0v) is 9.62. The second kappa shape index (κ2) is 4.17. The highest BCUT2D eigenvalue weighted by Gasteiger charge is 2.25. The smallest absolute Gasteiger partial charge is 0.340 e. The molecule has 1 aliphatic rings. The summed E-state index contributed by atoms with van der Waals surface area (Å²) in [6, 6.07) is 0. The molecule has 2 heterocycles. The van der Waals surface area contributed by atoms with Gasteiger partial charge < -0.3 is 4.74 Å². The maximum atomic E-state index is 11.9. The van der Waals surface area contributed by atoms with Gasteiger partial charge in [-0.1, -0.05) is 6.08 Å². The molecule has 1 saturated heterocycles. The van der Waals surface area contributed by atoms with Gasteiger partial charge in [0.1, 0.15) is 0 Å². The first-order valence-electron chi connectivity index (χ1n) is 5.23. The second-order valence-electron chi connectivity index (χ2n) is 3.83. The Morgan fingerprint density at radius 3 is 2.47 bits per heavy atom. The average molecular weight is 239 g/mol. The van der Waals surface area contributed by atoms with Gasteiger partial charge in [-0.05, 0) is 6.92 Å². The number of allylic oxidation sites excluding steroid dienone is 1. The molecule has 7 nitrogen and oxygen atoms in total. The van der Waals surface area contributed by atoms with Crippen LogP contribution < -0.4 is 17.1 Å². The summed E-state index contributed by atoms with van der Waals surface area (Å²) >= 11 is 0. The quantitative estimate of drug-likeness (QED) is 0.608. The fraction of sp³-hybridized carbons (Fsp3) is 0.500. The fourth-order valence-corrected chi connectivity index (χ4v) is 1.53. The van der Waals surface area contributed by atoms with E-state index < -0.39 is 17.1 Å². The summed E-state index contributed by atoms with van der Waals surface area (Å²) in [7, 11) is 1.34. The van der Waals surface area contributed by atoms with Gasteiger partial charge >= 0.3 is 17.1 Å². The van der Waals surface area contributed by atoms with E-state index in [0.29, 0.717) is 6.61 Å². The maximum absolute atomic E-state index is 11.9. The molecular weight excluding hydrogens is 226 g/mol. The molecule has 0 spiro atoms. The SMILES string of the molecule is C/C=C\n1c(=O)n(C)c(=O)n(CC2CO2)c1=O. The van der Waals surface area contributed by atoms with Crippen LogP contribution in [0.15, 0.2) is 20.5 Å². The molecule has 17 heavy (non-hydrogen) atoms. The van der Waals surface area contributed by atoms with Crippen molar-refractivity contribution in [3.8, 4) is 0 Å². The zero-order chi connectivity index (χ0) is 12.6. The van der Waals surface area contributed by atoms with E-state index in [4.69, 9.17) is 4.74 Å². The Bertz CT molecular complexity index is 630. The van der Waals surface area contributed by atoms with E-state index in [1.807, 2.05) is 0 Å². The zero-order valence-electron chi connectivity index (χ0n) is 9.62. The van der Waals surface area contributed by atoms with Crippen LogP contribution in [0.3, 0.4) is 0 Å². The lowest BCUT2D eigenvalue weighted by atomic mass is 10.5. The van der Waals surface area contributed by atoms with Crippen molar-refractivity contribution in [1.82, 2.24) is 13.7 Å². The third-order valence-electron chi connectivity index (χ3n) is 2.53. The molecular formula is C10H13N3O4. The molecule has 0 amide bonds. The van der Waals surface area contributed by atoms with Crippen LogP contribution in [0.2, 0.25) is 0 Å². The van der Waals surface area contributed by atoms with E-state index in [1.54, 1.807) is 13.0 Å². The summed E-state index contributed by atoms with van der Waals surface area (Å²) in [4.78, 5) is 35.4. The van der Waals surface area contributed by atoms with Crippen LogP contribution in [-0.4, -0.2) is 26.4 Å². The van der Waals surface area contributed by atoms with Crippen molar-refractivity contribution < 1.29 is 4.74 Å². The van der Waals surface area contributed by atoms with Crippen LogP contribution >= 0.6 is 0 Å². The van der Waals surface area contributed by atoms with Crippen LogP contribution in [-0.2, 0) is 18.3 Å². The van der Waals surface area contributed by atoms with Gasteiger partial charge in [0, 0.05) is 13.2 Å². The van der Waals surface area contributed by atoms with E-state index in [9.17, 15) is 14.4 Å². The van der Waals surface area contributed by atoms with Crippen molar-refractivity contribution in [1.29, 1.82) is 0 Å². The van der Waals surface area contributed by atoms with Crippen LogP contribution in [0.1, 0.15) is 6.92 Å². The standard InChI is InChI=1S/C10H13N3O4/c1-3-4-12-8(14)11(2)9(15)13(10(12)16)5-7-6-17-7/h3-4,7H,5-6H2,1-2H3/b4-3-. The molecule has 0 aromatic carbocycles. The van der Waals surface area contributed by atoms with Gasteiger partial charge in [0.2, 0.25) is 0 Å². The van der Waals surface area contributed by atoms with Gasteiger partial charge in [0.15, 0.2) is 0 Å². The first-order valence-corrected chi connectivity index (χ1v) is 5.23. The highest BCUT2D eigenvalue weighted by atomic mass is 16.6. The maximum Gasteiger partial charge on any atom is 0.340 e. The van der Waals surface area contributed by atoms with Crippen molar-refractivity contribution in [2.45, 2.75) is 19.6 Å². The Balaban J connectivity index is 2.69. The second-order valence-corrected chi connectivity index (χ2v) is 3.83. The lowest BCUT2D eigenvalue weighted by molar-refractivity contribution is 0.368. The molecule has 7 heteroatoms. The normalized spacial score (nSPS) is 18.8. The van der Waals surface area contributed by atoms with Gasteiger partial charge in [-0.15, -0.1) is 0 Å². The predicted octanol–water partition coefficient (Wildman–Crippen LogP) is -1.40. The van der Waals surface area contributed by atoms with Crippen molar-refractivity contribution in [2.24, 2.45) is 7.05 Å². The number of hydrogen-bond donors (Lipinski definition) is 0. The molecule has 1 atom stereocenters. The highest BCUT2D eigenvalue weighted by molar-refractivity contribution is 5.18. The van der Waals surface area contributed by atoms with E-state index in [-0.39, 0.29) is 12.6 Å². The molecule has 92 valence electrons. The molecule has 2 rings (SSSR count). The number of hydrogen-bond acceptors (Lipinski definition) is 4. The monoisotopic (exact) mass is 239 g/mol. The van der Waals surface area contributed by atoms with Gasteiger partial charge in [-0.2, -0.15) is 0 Å². The number of rotatable bonds is 3. The number of aromatic nitrogens is 3. The van der Waals surface area contributed by atoms with Crippen LogP contribution in [0, 0.1) is 0 Å². The third kappa shape index (κ3) is 2.01. The van der Waals surface area contributed by atoms with Crippen molar-refractivity contribution in [3.63, 3.8) is 0 Å².